The molecule has 2 aromatic heterocycles. The van der Waals surface area contributed by atoms with Crippen LogP contribution in [-0.4, -0.2) is 54.1 Å². The molecule has 0 radical (unpaired) electrons. The Morgan fingerprint density at radius 2 is 1.97 bits per heavy atom. The van der Waals surface area contributed by atoms with Gasteiger partial charge in [0.2, 0.25) is 0 Å². The van der Waals surface area contributed by atoms with Gasteiger partial charge < -0.3 is 14.5 Å². The zero-order chi connectivity index (χ0) is 23.8. The highest BCUT2D eigenvalue weighted by Crippen LogP contribution is 2.42. The number of ether oxygens (including phenoxy) is 1. The van der Waals surface area contributed by atoms with Crippen LogP contribution >= 0.6 is 11.3 Å². The minimum atomic E-state index is 0.0344. The molecule has 1 aliphatic carbocycles. The maximum atomic E-state index is 13.2. The average Bonchev–Trinajstić information content (AvgIpc) is 3.24. The van der Waals surface area contributed by atoms with E-state index in [2.05, 4.69) is 25.7 Å². The second-order valence-corrected chi connectivity index (χ2v) is 10.8. The highest BCUT2D eigenvalue weighted by atomic mass is 32.1. The summed E-state index contributed by atoms with van der Waals surface area (Å²) < 4.78 is 5.42. The molecule has 6 nitrogen and oxygen atoms in total. The number of thiophene rings is 1. The summed E-state index contributed by atoms with van der Waals surface area (Å²) in [5.74, 6) is 3.75. The van der Waals surface area contributed by atoms with E-state index in [4.69, 9.17) is 14.7 Å². The number of rotatable bonds is 5. The molecule has 0 unspecified atom stereocenters. The summed E-state index contributed by atoms with van der Waals surface area (Å²) in [5.41, 5.74) is 2.10. The third-order valence-electron chi connectivity index (χ3n) is 7.41. The average molecular weight is 479 g/mol. The van der Waals surface area contributed by atoms with Gasteiger partial charge in [-0.2, -0.15) is 0 Å². The van der Waals surface area contributed by atoms with Crippen LogP contribution in [0.1, 0.15) is 66.2 Å². The van der Waals surface area contributed by atoms with Gasteiger partial charge in [0.15, 0.2) is 0 Å². The lowest BCUT2D eigenvalue weighted by Crippen LogP contribution is -2.49. The quantitative estimate of drug-likeness (QED) is 0.498. The Morgan fingerprint density at radius 1 is 1.21 bits per heavy atom. The normalized spacial score (nSPS) is 19.2. The van der Waals surface area contributed by atoms with Crippen LogP contribution in [0, 0.1) is 5.92 Å². The largest absolute Gasteiger partial charge is 0.496 e. The molecular formula is C27H34N4O2S. The standard InChI is InChI=1S/C27H34N4O2S/c1-5-18(3)24-28-25(23-20-11-10-17(2)16-22(20)34-26(23)29-24)30-12-14-31(15-13-30)27(32)19-8-6-7-9-21(19)33-4/h6-9,17-18H,5,10-16H2,1-4H3/t17-,18+/m1/s1. The van der Waals surface area contributed by atoms with E-state index in [9.17, 15) is 4.79 Å². The van der Waals surface area contributed by atoms with Crippen LogP contribution in [0.4, 0.5) is 5.82 Å². The van der Waals surface area contributed by atoms with Crippen LogP contribution in [0.25, 0.3) is 10.2 Å². The Kier molecular flexibility index (Phi) is 6.47. The lowest BCUT2D eigenvalue weighted by molar-refractivity contribution is 0.0743. The van der Waals surface area contributed by atoms with Gasteiger partial charge in [-0.25, -0.2) is 9.97 Å². The summed E-state index contributed by atoms with van der Waals surface area (Å²) in [6.07, 6.45) is 4.51. The highest BCUT2D eigenvalue weighted by molar-refractivity contribution is 7.19. The summed E-state index contributed by atoms with van der Waals surface area (Å²) in [7, 11) is 1.61. The molecule has 1 saturated heterocycles. The number of fused-ring (bicyclic) bond motifs is 3. The Bertz CT molecular complexity index is 1200. The van der Waals surface area contributed by atoms with Crippen molar-refractivity contribution in [3.05, 3.63) is 46.1 Å². The molecular weight excluding hydrogens is 444 g/mol. The van der Waals surface area contributed by atoms with E-state index in [0.717, 1.165) is 54.7 Å². The summed E-state index contributed by atoms with van der Waals surface area (Å²) in [6.45, 7) is 9.64. The third-order valence-corrected chi connectivity index (χ3v) is 8.56. The number of para-hydroxylation sites is 1. The first-order valence-electron chi connectivity index (χ1n) is 12.5. The van der Waals surface area contributed by atoms with E-state index < -0.39 is 0 Å². The lowest BCUT2D eigenvalue weighted by Gasteiger charge is -2.36. The van der Waals surface area contributed by atoms with Crippen molar-refractivity contribution in [2.45, 2.75) is 52.4 Å². The maximum Gasteiger partial charge on any atom is 0.257 e. The summed E-state index contributed by atoms with van der Waals surface area (Å²) in [4.78, 5) is 30.3. The monoisotopic (exact) mass is 478 g/mol. The number of amides is 1. The molecule has 180 valence electrons. The number of methoxy groups -OCH3 is 1. The van der Waals surface area contributed by atoms with Gasteiger partial charge in [0.1, 0.15) is 22.2 Å². The molecule has 1 aromatic carbocycles. The van der Waals surface area contributed by atoms with Crippen LogP contribution < -0.4 is 9.64 Å². The third kappa shape index (κ3) is 4.15. The Balaban J connectivity index is 1.45. The predicted molar refractivity (Wildman–Crippen MR) is 138 cm³/mol. The number of benzene rings is 1. The molecule has 1 aliphatic heterocycles. The molecule has 1 fully saturated rings. The van der Waals surface area contributed by atoms with E-state index in [1.807, 2.05) is 40.5 Å². The smallest absolute Gasteiger partial charge is 0.257 e. The van der Waals surface area contributed by atoms with E-state index in [1.165, 1.54) is 22.2 Å². The molecule has 0 saturated carbocycles. The fraction of sp³-hybridized carbons (Fsp3) is 0.519. The molecule has 34 heavy (non-hydrogen) atoms. The van der Waals surface area contributed by atoms with Crippen LogP contribution in [0.3, 0.4) is 0 Å². The number of anilines is 1. The first kappa shape index (κ1) is 23.1. The van der Waals surface area contributed by atoms with Crippen LogP contribution in [-0.2, 0) is 12.8 Å². The van der Waals surface area contributed by atoms with E-state index in [0.29, 0.717) is 30.3 Å². The number of carbonyl (C=O) groups excluding carboxylic acids is 1. The fourth-order valence-corrected chi connectivity index (χ4v) is 6.47. The number of piperazine rings is 1. The van der Waals surface area contributed by atoms with Gasteiger partial charge in [0.05, 0.1) is 18.1 Å². The minimum Gasteiger partial charge on any atom is -0.496 e. The van der Waals surface area contributed by atoms with Crippen molar-refractivity contribution in [2.24, 2.45) is 5.92 Å². The number of aryl methyl sites for hydroxylation is 1. The predicted octanol–water partition coefficient (Wildman–Crippen LogP) is 5.30. The Labute approximate surface area is 206 Å². The topological polar surface area (TPSA) is 58.6 Å². The van der Waals surface area contributed by atoms with Crippen LogP contribution in [0.15, 0.2) is 24.3 Å². The summed E-state index contributed by atoms with van der Waals surface area (Å²) in [5, 5.41) is 1.27. The first-order valence-corrected chi connectivity index (χ1v) is 13.3. The molecule has 1 amide bonds. The highest BCUT2D eigenvalue weighted by Gasteiger charge is 2.30. The van der Waals surface area contributed by atoms with Crippen molar-refractivity contribution < 1.29 is 9.53 Å². The molecule has 3 aromatic rings. The SMILES string of the molecule is CC[C@H](C)c1nc(N2CCN(C(=O)c3ccccc3OC)CC2)c2c3c(sc2n1)C[C@H](C)CC3. The number of nitrogens with zero attached hydrogens (tertiary/aromatic N) is 4. The van der Waals surface area contributed by atoms with Crippen molar-refractivity contribution >= 4 is 33.3 Å². The van der Waals surface area contributed by atoms with Crippen molar-refractivity contribution in [1.29, 1.82) is 0 Å². The van der Waals surface area contributed by atoms with Gasteiger partial charge in [-0.15, -0.1) is 11.3 Å². The molecule has 5 rings (SSSR count). The number of carbonyl (C=O) groups is 1. The molecule has 0 N–H and O–H groups in total. The fourth-order valence-electron chi connectivity index (χ4n) is 5.08. The van der Waals surface area contributed by atoms with Crippen molar-refractivity contribution in [3.8, 4) is 5.75 Å². The van der Waals surface area contributed by atoms with Crippen molar-refractivity contribution in [3.63, 3.8) is 0 Å². The summed E-state index contributed by atoms with van der Waals surface area (Å²) >= 11 is 1.87. The number of hydrogen-bond acceptors (Lipinski definition) is 6. The number of hydrogen-bond donors (Lipinski definition) is 0. The van der Waals surface area contributed by atoms with Gasteiger partial charge in [0, 0.05) is 37.0 Å². The second kappa shape index (κ2) is 9.53. The van der Waals surface area contributed by atoms with Crippen LogP contribution in [0.5, 0.6) is 5.75 Å². The molecule has 7 heteroatoms. The Morgan fingerprint density at radius 3 is 2.71 bits per heavy atom. The molecule has 0 spiro atoms. The maximum absolute atomic E-state index is 13.2. The van der Waals surface area contributed by atoms with Gasteiger partial charge in [-0.3, -0.25) is 4.79 Å². The van der Waals surface area contributed by atoms with Crippen molar-refractivity contribution in [1.82, 2.24) is 14.9 Å². The minimum absolute atomic E-state index is 0.0344. The molecule has 3 heterocycles. The van der Waals surface area contributed by atoms with Crippen molar-refractivity contribution in [2.75, 3.05) is 38.2 Å². The van der Waals surface area contributed by atoms with E-state index >= 15 is 0 Å². The van der Waals surface area contributed by atoms with E-state index in [-0.39, 0.29) is 5.91 Å². The zero-order valence-electron chi connectivity index (χ0n) is 20.6. The van der Waals surface area contributed by atoms with Gasteiger partial charge >= 0.3 is 0 Å². The van der Waals surface area contributed by atoms with Crippen LogP contribution in [0.2, 0.25) is 0 Å². The molecule has 0 bridgehead atoms. The Hall–Kier alpha value is -2.67. The molecule has 2 atom stereocenters. The zero-order valence-corrected chi connectivity index (χ0v) is 21.5. The van der Waals surface area contributed by atoms with Gasteiger partial charge in [0.25, 0.3) is 5.91 Å². The van der Waals surface area contributed by atoms with Gasteiger partial charge in [-0.1, -0.05) is 32.9 Å². The summed E-state index contributed by atoms with van der Waals surface area (Å²) in [6, 6.07) is 7.47. The van der Waals surface area contributed by atoms with Gasteiger partial charge in [-0.05, 0) is 49.3 Å². The number of aromatic nitrogens is 2. The molecule has 2 aliphatic rings. The first-order chi connectivity index (χ1) is 16.5. The second-order valence-electron chi connectivity index (χ2n) is 9.73. The lowest BCUT2D eigenvalue weighted by atomic mass is 9.89. The van der Waals surface area contributed by atoms with E-state index in [1.54, 1.807) is 7.11 Å².